The molecule has 12 heteroatoms. The number of imidazole rings is 1. The summed E-state index contributed by atoms with van der Waals surface area (Å²) in [5, 5.41) is 2.76. The normalized spacial score (nSPS) is 20.9. The van der Waals surface area contributed by atoms with E-state index in [9.17, 15) is 14.0 Å². The van der Waals surface area contributed by atoms with Gasteiger partial charge in [-0.2, -0.15) is 9.97 Å². The lowest BCUT2D eigenvalue weighted by molar-refractivity contribution is -0.140. The van der Waals surface area contributed by atoms with Crippen molar-refractivity contribution < 1.29 is 14.0 Å². The molecule has 1 unspecified atom stereocenters. The van der Waals surface area contributed by atoms with Crippen molar-refractivity contribution in [1.82, 2.24) is 29.7 Å². The molecule has 0 bridgehead atoms. The van der Waals surface area contributed by atoms with Crippen molar-refractivity contribution in [3.8, 4) is 0 Å². The van der Waals surface area contributed by atoms with E-state index in [-0.39, 0.29) is 41.8 Å². The maximum Gasteiger partial charge on any atom is 0.243 e. The minimum Gasteiger partial charge on any atom is -0.382 e. The number of anilines is 2. The van der Waals surface area contributed by atoms with Crippen LogP contribution in [0.2, 0.25) is 5.02 Å². The average Bonchev–Trinajstić information content (AvgIpc) is 3.27. The molecular weight excluding hydrogens is 463 g/mol. The van der Waals surface area contributed by atoms with Gasteiger partial charge in [-0.05, 0) is 24.8 Å². The Balaban J connectivity index is 1.32. The van der Waals surface area contributed by atoms with Crippen molar-refractivity contribution >= 4 is 46.3 Å². The third kappa shape index (κ3) is 3.89. The number of aromatic nitrogens is 4. The fraction of sp³-hybridized carbons (Fsp3) is 0.409. The molecule has 1 saturated carbocycles. The number of benzene rings is 1. The molecule has 3 aromatic rings. The van der Waals surface area contributed by atoms with Gasteiger partial charge in [-0.1, -0.05) is 23.7 Å². The Labute approximate surface area is 199 Å². The molecule has 2 aromatic heterocycles. The van der Waals surface area contributed by atoms with Crippen LogP contribution in [0, 0.1) is 11.7 Å². The van der Waals surface area contributed by atoms with Crippen LogP contribution >= 0.6 is 11.6 Å². The number of hydrogen-bond donors (Lipinski definition) is 2. The van der Waals surface area contributed by atoms with Crippen LogP contribution in [-0.2, 0) is 22.7 Å². The molecule has 3 heterocycles. The molecule has 178 valence electrons. The first-order valence-corrected chi connectivity index (χ1v) is 11.3. The minimum atomic E-state index is -0.606. The van der Waals surface area contributed by atoms with Gasteiger partial charge in [-0.3, -0.25) is 9.59 Å². The number of halogens is 2. The number of nitrogens with zero attached hydrogens (tertiary/aromatic N) is 6. The number of amides is 2. The smallest absolute Gasteiger partial charge is 0.243 e. The Morgan fingerprint density at radius 2 is 2.09 bits per heavy atom. The van der Waals surface area contributed by atoms with Crippen LogP contribution < -0.4 is 16.0 Å². The number of nitrogens with two attached hydrogens (primary N) is 1. The molecule has 10 nitrogen and oxygen atoms in total. The molecule has 2 fully saturated rings. The van der Waals surface area contributed by atoms with Gasteiger partial charge in [0.1, 0.15) is 23.9 Å². The molecule has 1 aromatic carbocycles. The van der Waals surface area contributed by atoms with Crippen molar-refractivity contribution in [3.63, 3.8) is 0 Å². The van der Waals surface area contributed by atoms with E-state index < -0.39 is 11.9 Å². The van der Waals surface area contributed by atoms with Gasteiger partial charge in [0.15, 0.2) is 11.5 Å². The third-order valence-electron chi connectivity index (χ3n) is 6.36. The Morgan fingerprint density at radius 3 is 2.85 bits per heavy atom. The van der Waals surface area contributed by atoms with Crippen LogP contribution in [0.1, 0.15) is 18.4 Å². The second kappa shape index (κ2) is 8.39. The quantitative estimate of drug-likeness (QED) is 0.542. The van der Waals surface area contributed by atoms with Crippen molar-refractivity contribution in [3.05, 3.63) is 40.9 Å². The van der Waals surface area contributed by atoms with Gasteiger partial charge in [0.25, 0.3) is 0 Å². The number of rotatable bonds is 6. The molecule has 1 aliphatic heterocycles. The van der Waals surface area contributed by atoms with Gasteiger partial charge in [-0.25, -0.2) is 9.37 Å². The molecule has 2 aliphatic rings. The molecule has 1 aliphatic carbocycles. The van der Waals surface area contributed by atoms with Crippen molar-refractivity contribution in [2.45, 2.75) is 38.0 Å². The molecule has 2 amide bonds. The summed E-state index contributed by atoms with van der Waals surface area (Å²) in [7, 11) is 3.59. The molecule has 5 rings (SSSR count). The summed E-state index contributed by atoms with van der Waals surface area (Å²) in [6.45, 7) is -0.0372. The first kappa shape index (κ1) is 22.3. The van der Waals surface area contributed by atoms with E-state index in [1.54, 1.807) is 40.6 Å². The van der Waals surface area contributed by atoms with Crippen LogP contribution in [0.4, 0.5) is 16.2 Å². The van der Waals surface area contributed by atoms with Crippen molar-refractivity contribution in [2.24, 2.45) is 5.92 Å². The van der Waals surface area contributed by atoms with Gasteiger partial charge in [0, 0.05) is 32.2 Å². The zero-order valence-electron chi connectivity index (χ0n) is 18.7. The number of fused-ring (bicyclic) bond motifs is 2. The largest absolute Gasteiger partial charge is 0.382 e. The van der Waals surface area contributed by atoms with Crippen LogP contribution in [0.15, 0.2) is 24.5 Å². The maximum absolute atomic E-state index is 14.2. The van der Waals surface area contributed by atoms with Gasteiger partial charge in [-0.15, -0.1) is 0 Å². The van der Waals surface area contributed by atoms with Crippen LogP contribution in [0.25, 0.3) is 11.2 Å². The van der Waals surface area contributed by atoms with Crippen molar-refractivity contribution in [1.29, 1.82) is 0 Å². The van der Waals surface area contributed by atoms with Gasteiger partial charge < -0.3 is 25.4 Å². The maximum atomic E-state index is 14.2. The van der Waals surface area contributed by atoms with Crippen LogP contribution in [0.3, 0.4) is 0 Å². The number of carbonyl (C=O) groups excluding carboxylic acids is 2. The van der Waals surface area contributed by atoms with Gasteiger partial charge in [0.05, 0.1) is 11.3 Å². The Bertz CT molecular complexity index is 1300. The zero-order chi connectivity index (χ0) is 24.1. The van der Waals surface area contributed by atoms with Crippen LogP contribution in [-0.4, -0.2) is 62.4 Å². The highest BCUT2D eigenvalue weighted by Gasteiger charge is 2.55. The zero-order valence-corrected chi connectivity index (χ0v) is 19.5. The number of nitrogen functional groups attached to an aromatic ring is 1. The Morgan fingerprint density at radius 1 is 1.29 bits per heavy atom. The molecule has 3 atom stereocenters. The minimum absolute atomic E-state index is 0.0000863. The van der Waals surface area contributed by atoms with E-state index in [0.717, 1.165) is 6.42 Å². The highest BCUT2D eigenvalue weighted by molar-refractivity contribution is 6.30. The van der Waals surface area contributed by atoms with E-state index in [1.165, 1.54) is 12.4 Å². The highest BCUT2D eigenvalue weighted by atomic mass is 35.5. The molecule has 1 saturated heterocycles. The molecule has 0 radical (unpaired) electrons. The topological polar surface area (TPSA) is 122 Å². The number of hydrogen-bond acceptors (Lipinski definition) is 7. The second-order valence-electron chi connectivity index (χ2n) is 8.89. The third-order valence-corrected chi connectivity index (χ3v) is 6.66. The molecule has 3 N–H and O–H groups in total. The van der Waals surface area contributed by atoms with E-state index in [2.05, 4.69) is 20.3 Å². The Hall–Kier alpha value is -3.47. The summed E-state index contributed by atoms with van der Waals surface area (Å²) >= 11 is 5.82. The average molecular weight is 487 g/mol. The number of piperidine rings is 1. The first-order valence-electron chi connectivity index (χ1n) is 10.9. The van der Waals surface area contributed by atoms with E-state index in [4.69, 9.17) is 17.3 Å². The van der Waals surface area contributed by atoms with E-state index in [0.29, 0.717) is 35.0 Å². The molecule has 0 spiro atoms. The summed E-state index contributed by atoms with van der Waals surface area (Å²) in [6.07, 6.45) is 2.97. The van der Waals surface area contributed by atoms with Crippen molar-refractivity contribution in [2.75, 3.05) is 24.7 Å². The van der Waals surface area contributed by atoms with Crippen LogP contribution in [0.5, 0.6) is 0 Å². The SMILES string of the molecule is CN(C)c1nc(N)c2ncn(CC(=O)N3C(C(=O)NCc4cccc(Cl)c4F)C[C@H]4C[C@H]43)c2n1. The summed E-state index contributed by atoms with van der Waals surface area (Å²) in [6, 6.07) is 4.08. The number of likely N-dealkylation sites (tertiary alicyclic amines) is 1. The van der Waals surface area contributed by atoms with Gasteiger partial charge >= 0.3 is 0 Å². The predicted molar refractivity (Wildman–Crippen MR) is 124 cm³/mol. The standard InChI is InChI=1S/C22H24ClFN8O2/c1-30(2)22-28-19(25)18-20(29-22)31(10-27-18)9-16(33)32-14-6-12(14)7-15(32)21(34)26-8-11-4-3-5-13(23)17(11)24/h3-5,10,12,14-15H,6-9H2,1-2H3,(H,26,34)(H2,25,28,29)/t12-,14-,15?/m1/s1. The van der Waals surface area contributed by atoms with E-state index in [1.807, 2.05) is 0 Å². The fourth-order valence-electron chi connectivity index (χ4n) is 4.53. The lowest BCUT2D eigenvalue weighted by Crippen LogP contribution is -2.48. The summed E-state index contributed by atoms with van der Waals surface area (Å²) in [5.41, 5.74) is 7.18. The number of nitrogens with one attached hydrogen (secondary N) is 1. The molecule has 34 heavy (non-hydrogen) atoms. The predicted octanol–water partition coefficient (Wildman–Crippen LogP) is 1.57. The summed E-state index contributed by atoms with van der Waals surface area (Å²) < 4.78 is 15.8. The lowest BCUT2D eigenvalue weighted by Gasteiger charge is -2.27. The fourth-order valence-corrected chi connectivity index (χ4v) is 4.73. The number of carbonyl (C=O) groups is 2. The summed E-state index contributed by atoms with van der Waals surface area (Å²) in [4.78, 5) is 42.6. The van der Waals surface area contributed by atoms with Gasteiger partial charge in [0.2, 0.25) is 17.8 Å². The highest BCUT2D eigenvalue weighted by Crippen LogP contribution is 2.48. The molecular formula is C22H24ClFN8O2. The second-order valence-corrected chi connectivity index (χ2v) is 9.30. The Kier molecular flexibility index (Phi) is 5.51. The first-order chi connectivity index (χ1) is 16.2. The summed E-state index contributed by atoms with van der Waals surface area (Å²) in [5.74, 6) is -0.127. The monoisotopic (exact) mass is 486 g/mol. The lowest BCUT2D eigenvalue weighted by atomic mass is 10.1. The van der Waals surface area contributed by atoms with E-state index >= 15 is 0 Å².